The molecule has 2 aromatic rings. The third-order valence-corrected chi connectivity index (χ3v) is 7.96. The zero-order valence-electron chi connectivity index (χ0n) is 17.9. The summed E-state index contributed by atoms with van der Waals surface area (Å²) in [6, 6.07) is 12.5. The van der Waals surface area contributed by atoms with Crippen molar-refractivity contribution >= 4 is 32.7 Å². The van der Waals surface area contributed by atoms with E-state index in [4.69, 9.17) is 0 Å². The summed E-state index contributed by atoms with van der Waals surface area (Å²) in [4.78, 5) is 18.4. The van der Waals surface area contributed by atoms with Crippen molar-refractivity contribution < 1.29 is 18.0 Å². The van der Waals surface area contributed by atoms with Gasteiger partial charge in [-0.05, 0) is 61.9 Å². The number of alkyl halides is 3. The highest BCUT2D eigenvalue weighted by atomic mass is 32.2. The van der Waals surface area contributed by atoms with Gasteiger partial charge in [-0.1, -0.05) is 24.2 Å². The molecule has 32 heavy (non-hydrogen) atoms. The van der Waals surface area contributed by atoms with Gasteiger partial charge in [-0.2, -0.15) is 13.2 Å². The second kappa shape index (κ2) is 8.83. The molecular formula is C24H28F3N3OS. The molecule has 2 aliphatic rings. The molecule has 0 aliphatic carbocycles. The van der Waals surface area contributed by atoms with Crippen molar-refractivity contribution in [1.29, 1.82) is 0 Å². The zero-order valence-corrected chi connectivity index (χ0v) is 18.7. The van der Waals surface area contributed by atoms with Gasteiger partial charge in [0.2, 0.25) is 0 Å². The first-order valence-corrected chi connectivity index (χ1v) is 12.7. The molecule has 0 aromatic heterocycles. The van der Waals surface area contributed by atoms with Gasteiger partial charge in [0.1, 0.15) is 0 Å². The van der Waals surface area contributed by atoms with Crippen molar-refractivity contribution in [3.63, 3.8) is 0 Å². The molecule has 0 bridgehead atoms. The second-order valence-electron chi connectivity index (χ2n) is 8.53. The maximum absolute atomic E-state index is 13.2. The predicted molar refractivity (Wildman–Crippen MR) is 127 cm³/mol. The van der Waals surface area contributed by atoms with Crippen LogP contribution in [0.3, 0.4) is 0 Å². The van der Waals surface area contributed by atoms with E-state index in [1.165, 1.54) is 25.0 Å². The maximum atomic E-state index is 13.2. The molecule has 1 amide bonds. The van der Waals surface area contributed by atoms with Crippen molar-refractivity contribution in [2.24, 2.45) is 0 Å². The van der Waals surface area contributed by atoms with Crippen molar-refractivity contribution in [2.45, 2.75) is 36.4 Å². The highest BCUT2D eigenvalue weighted by Crippen LogP contribution is 2.35. The fraction of sp³-hybridized carbons (Fsp3) is 0.375. The third-order valence-electron chi connectivity index (χ3n) is 6.18. The number of anilines is 1. The number of hydrogen-bond donors (Lipinski definition) is 1. The van der Waals surface area contributed by atoms with Crippen LogP contribution >= 0.6 is 9.39 Å². The lowest BCUT2D eigenvalue weighted by molar-refractivity contribution is -0.137. The number of amides is 1. The number of carbonyl (C=O) groups is 1. The van der Waals surface area contributed by atoms with Gasteiger partial charge < -0.3 is 9.62 Å². The Hall–Kier alpha value is -2.45. The van der Waals surface area contributed by atoms with Gasteiger partial charge in [0.05, 0.1) is 5.56 Å². The molecule has 2 heterocycles. The highest BCUT2D eigenvalue weighted by molar-refractivity contribution is 8.28. The lowest BCUT2D eigenvalue weighted by atomic mass is 9.99. The molecule has 4 nitrogen and oxygen atoms in total. The van der Waals surface area contributed by atoms with Crippen LogP contribution in [-0.2, 0) is 6.18 Å². The number of rotatable bonds is 4. The van der Waals surface area contributed by atoms with Crippen LogP contribution in [0, 0.1) is 0 Å². The molecule has 8 heteroatoms. The van der Waals surface area contributed by atoms with Gasteiger partial charge in [-0.15, -0.1) is 9.39 Å². The van der Waals surface area contributed by atoms with E-state index >= 15 is 0 Å². The number of piperidine rings is 1. The lowest BCUT2D eigenvalue weighted by Gasteiger charge is -2.44. The van der Waals surface area contributed by atoms with Crippen LogP contribution in [0.4, 0.5) is 18.9 Å². The largest absolute Gasteiger partial charge is 0.416 e. The van der Waals surface area contributed by atoms with Crippen LogP contribution < -0.4 is 4.72 Å². The van der Waals surface area contributed by atoms with E-state index in [9.17, 15) is 18.0 Å². The molecule has 0 saturated carbocycles. The van der Waals surface area contributed by atoms with Gasteiger partial charge >= 0.3 is 6.18 Å². The van der Waals surface area contributed by atoms with Gasteiger partial charge in [0.25, 0.3) is 5.91 Å². The third kappa shape index (κ3) is 4.96. The first-order chi connectivity index (χ1) is 15.1. The quantitative estimate of drug-likeness (QED) is 0.643. The number of carbonyl (C=O) groups excluding carboxylic acids is 1. The fourth-order valence-electron chi connectivity index (χ4n) is 4.41. The van der Waals surface area contributed by atoms with E-state index in [-0.39, 0.29) is 5.91 Å². The summed E-state index contributed by atoms with van der Waals surface area (Å²) >= 11 is 0. The topological polar surface area (TPSA) is 35.6 Å². The highest BCUT2D eigenvalue weighted by Gasteiger charge is 2.32. The number of piperazine rings is 1. The maximum Gasteiger partial charge on any atom is 0.416 e. The minimum Gasteiger partial charge on any atom is -0.338 e. The minimum absolute atomic E-state index is 0.00167. The Balaban J connectivity index is 1.48. The van der Waals surface area contributed by atoms with E-state index < -0.39 is 21.1 Å². The summed E-state index contributed by atoms with van der Waals surface area (Å²) in [7, 11) is -2.08. The molecule has 2 aliphatic heterocycles. The Morgan fingerprint density at radius 1 is 1.03 bits per heavy atom. The number of nitrogens with zero attached hydrogens (tertiary/aromatic N) is 2. The van der Waals surface area contributed by atoms with Crippen molar-refractivity contribution in [3.8, 4) is 0 Å². The predicted octanol–water partition coefficient (Wildman–Crippen LogP) is 5.07. The smallest absolute Gasteiger partial charge is 0.338 e. The number of fused-ring (bicyclic) bond motifs is 1. The summed E-state index contributed by atoms with van der Waals surface area (Å²) in [5, 5.41) is 0. The van der Waals surface area contributed by atoms with Crippen molar-refractivity contribution in [1.82, 2.24) is 9.80 Å². The first kappa shape index (κ1) is 22.7. The number of halogens is 3. The normalized spacial score (nSPS) is 20.0. The lowest BCUT2D eigenvalue weighted by Crippen LogP contribution is -2.56. The number of hydrogen-bond acceptors (Lipinski definition) is 3. The van der Waals surface area contributed by atoms with Gasteiger partial charge in [0.15, 0.2) is 0 Å². The first-order valence-electron chi connectivity index (χ1n) is 10.7. The Labute approximate surface area is 187 Å². The van der Waals surface area contributed by atoms with Gasteiger partial charge in [-0.25, -0.2) is 0 Å². The average molecular weight is 464 g/mol. The SMILES string of the molecule is C=S(=C)(Nc1ccc(C(F)(F)F)cc1)c1cccc(C(=O)N2CCN3CCCCC3C2)c1. The van der Waals surface area contributed by atoms with E-state index in [2.05, 4.69) is 21.4 Å². The number of benzene rings is 2. The summed E-state index contributed by atoms with van der Waals surface area (Å²) in [5.41, 5.74) is 0.385. The summed E-state index contributed by atoms with van der Waals surface area (Å²) in [6.45, 7) is 3.49. The van der Waals surface area contributed by atoms with E-state index in [0.717, 1.165) is 49.6 Å². The van der Waals surface area contributed by atoms with Crippen molar-refractivity contribution in [2.75, 3.05) is 30.9 Å². The van der Waals surface area contributed by atoms with E-state index in [0.29, 0.717) is 17.3 Å². The molecule has 2 saturated heterocycles. The molecule has 1 unspecified atom stereocenters. The number of nitrogens with one attached hydrogen (secondary N) is 1. The molecule has 0 radical (unpaired) electrons. The molecule has 1 N–H and O–H groups in total. The van der Waals surface area contributed by atoms with E-state index in [1.54, 1.807) is 6.07 Å². The molecule has 2 fully saturated rings. The van der Waals surface area contributed by atoms with Crippen LogP contribution in [0.15, 0.2) is 53.4 Å². The van der Waals surface area contributed by atoms with Crippen LogP contribution in [0.5, 0.6) is 0 Å². The molecule has 4 rings (SSSR count). The minimum atomic E-state index is -4.38. The zero-order chi connectivity index (χ0) is 22.9. The monoisotopic (exact) mass is 463 g/mol. The van der Waals surface area contributed by atoms with Crippen molar-refractivity contribution in [3.05, 3.63) is 59.7 Å². The van der Waals surface area contributed by atoms with Crippen LogP contribution in [0.2, 0.25) is 0 Å². The molecular weight excluding hydrogens is 435 g/mol. The molecule has 172 valence electrons. The van der Waals surface area contributed by atoms with E-state index in [1.807, 2.05) is 23.1 Å². The second-order valence-corrected chi connectivity index (χ2v) is 11.0. The van der Waals surface area contributed by atoms with Crippen LogP contribution in [0.1, 0.15) is 35.2 Å². The van der Waals surface area contributed by atoms with Gasteiger partial charge in [0, 0.05) is 41.8 Å². The Bertz CT molecular complexity index is 1080. The fourth-order valence-corrected chi connectivity index (χ4v) is 5.80. The Morgan fingerprint density at radius 3 is 2.50 bits per heavy atom. The average Bonchev–Trinajstić information content (AvgIpc) is 2.78. The standard InChI is InChI=1S/C24H28F3N3OS/c1-32(2,28-20-11-9-19(10-12-20)24(25,26)27)22-8-5-6-18(16-22)23(31)30-15-14-29-13-4-3-7-21(29)17-30/h5-6,8-12,16,21,28H,1-4,7,13-15,17H2. The Morgan fingerprint density at radius 2 is 1.78 bits per heavy atom. The molecule has 1 atom stereocenters. The molecule has 2 aromatic carbocycles. The summed E-state index contributed by atoms with van der Waals surface area (Å²) < 4.78 is 41.6. The van der Waals surface area contributed by atoms with Gasteiger partial charge in [-0.3, -0.25) is 9.69 Å². The molecule has 0 spiro atoms. The summed E-state index contributed by atoms with van der Waals surface area (Å²) in [6.07, 6.45) is -0.805. The summed E-state index contributed by atoms with van der Waals surface area (Å²) in [5.74, 6) is 8.36. The Kier molecular flexibility index (Phi) is 6.27. The van der Waals surface area contributed by atoms with Crippen LogP contribution in [0.25, 0.3) is 0 Å². The van der Waals surface area contributed by atoms with Crippen LogP contribution in [-0.4, -0.2) is 59.7 Å².